The van der Waals surface area contributed by atoms with Gasteiger partial charge in [0.15, 0.2) is 0 Å². The van der Waals surface area contributed by atoms with Crippen molar-refractivity contribution in [2.75, 3.05) is 12.4 Å². The largest absolute Gasteiger partial charge is 0.464 e. The number of amides is 1. The second-order valence-corrected chi connectivity index (χ2v) is 7.20. The first kappa shape index (κ1) is 18.1. The normalized spacial score (nSPS) is 11.0. The molecule has 0 spiro atoms. The molecular formula is C18H22N2O3S. The molecule has 128 valence electrons. The lowest BCUT2D eigenvalue weighted by atomic mass is 9.99. The summed E-state index contributed by atoms with van der Waals surface area (Å²) in [5.74, 6) is 0.0897. The molecule has 0 aliphatic heterocycles. The zero-order valence-corrected chi connectivity index (χ0v) is 15.4. The van der Waals surface area contributed by atoms with Crippen LogP contribution in [0.5, 0.6) is 0 Å². The number of hydrogen-bond acceptors (Lipinski definition) is 5. The lowest BCUT2D eigenvalue weighted by molar-refractivity contribution is 0.0594. The van der Waals surface area contributed by atoms with Gasteiger partial charge in [-0.15, -0.1) is 11.3 Å². The van der Waals surface area contributed by atoms with Gasteiger partial charge < -0.3 is 10.1 Å². The van der Waals surface area contributed by atoms with Crippen molar-refractivity contribution >= 4 is 28.9 Å². The van der Waals surface area contributed by atoms with Gasteiger partial charge in [0.1, 0.15) is 5.69 Å². The molecule has 2 aromatic rings. The number of aromatic nitrogens is 1. The van der Waals surface area contributed by atoms with Crippen molar-refractivity contribution in [2.45, 2.75) is 39.5 Å². The third-order valence-corrected chi connectivity index (χ3v) is 5.03. The Hall–Kier alpha value is -2.21. The molecule has 0 saturated carbocycles. The molecule has 0 unspecified atom stereocenters. The van der Waals surface area contributed by atoms with Gasteiger partial charge >= 0.3 is 5.97 Å². The van der Waals surface area contributed by atoms with E-state index in [-0.39, 0.29) is 11.6 Å². The quantitative estimate of drug-likeness (QED) is 0.813. The van der Waals surface area contributed by atoms with Gasteiger partial charge in [-0.05, 0) is 35.6 Å². The highest BCUT2D eigenvalue weighted by Gasteiger charge is 2.19. The molecule has 0 aliphatic carbocycles. The summed E-state index contributed by atoms with van der Waals surface area (Å²) in [5.41, 5.74) is 1.97. The molecule has 24 heavy (non-hydrogen) atoms. The van der Waals surface area contributed by atoms with E-state index in [4.69, 9.17) is 0 Å². The summed E-state index contributed by atoms with van der Waals surface area (Å²) in [4.78, 5) is 29.8. The number of thiophene rings is 1. The highest BCUT2D eigenvalue weighted by atomic mass is 32.1. The second-order valence-electron chi connectivity index (χ2n) is 6.12. The Morgan fingerprint density at radius 1 is 1.17 bits per heavy atom. The Labute approximate surface area is 146 Å². The molecule has 2 heterocycles. The second kappa shape index (κ2) is 7.57. The van der Waals surface area contributed by atoms with Crippen LogP contribution in [0, 0.1) is 0 Å². The zero-order chi connectivity index (χ0) is 17.9. The van der Waals surface area contributed by atoms with Crippen LogP contribution in [-0.2, 0) is 4.74 Å². The van der Waals surface area contributed by atoms with E-state index in [9.17, 15) is 9.59 Å². The fourth-order valence-electron chi connectivity index (χ4n) is 2.32. The highest BCUT2D eigenvalue weighted by molar-refractivity contribution is 7.14. The van der Waals surface area contributed by atoms with Crippen molar-refractivity contribution in [3.63, 3.8) is 0 Å². The molecule has 6 heteroatoms. The highest BCUT2D eigenvalue weighted by Crippen LogP contribution is 2.34. The number of esters is 1. The maximum absolute atomic E-state index is 12.5. The van der Waals surface area contributed by atoms with E-state index in [1.165, 1.54) is 41.2 Å². The Kier molecular flexibility index (Phi) is 5.72. The minimum Gasteiger partial charge on any atom is -0.464 e. The maximum atomic E-state index is 12.5. The zero-order valence-electron chi connectivity index (χ0n) is 14.5. The van der Waals surface area contributed by atoms with E-state index in [0.717, 1.165) is 0 Å². The van der Waals surface area contributed by atoms with Gasteiger partial charge in [0.05, 0.1) is 23.9 Å². The number of carbonyl (C=O) groups is 2. The molecule has 0 fully saturated rings. The minimum atomic E-state index is -0.505. The topological polar surface area (TPSA) is 68.3 Å². The van der Waals surface area contributed by atoms with Crippen LogP contribution in [0.1, 0.15) is 70.1 Å². The van der Waals surface area contributed by atoms with Crippen LogP contribution >= 0.6 is 11.3 Å². The van der Waals surface area contributed by atoms with Gasteiger partial charge in [0.2, 0.25) is 0 Å². The molecule has 0 radical (unpaired) electrons. The summed E-state index contributed by atoms with van der Waals surface area (Å²) in [6, 6.07) is 5.13. The van der Waals surface area contributed by atoms with Crippen molar-refractivity contribution in [2.24, 2.45) is 0 Å². The first-order chi connectivity index (χ1) is 11.3. The van der Waals surface area contributed by atoms with Crippen LogP contribution in [0.4, 0.5) is 5.69 Å². The predicted octanol–water partition coefficient (Wildman–Crippen LogP) is 4.43. The van der Waals surface area contributed by atoms with Crippen LogP contribution in [0.2, 0.25) is 0 Å². The van der Waals surface area contributed by atoms with Gasteiger partial charge in [-0.1, -0.05) is 27.7 Å². The number of anilines is 1. The summed E-state index contributed by atoms with van der Waals surface area (Å²) in [6.45, 7) is 8.53. The van der Waals surface area contributed by atoms with Crippen LogP contribution in [-0.4, -0.2) is 24.0 Å². The molecule has 0 atom stereocenters. The lowest BCUT2D eigenvalue weighted by Crippen LogP contribution is -2.11. The predicted molar refractivity (Wildman–Crippen MR) is 96.0 cm³/mol. The fraction of sp³-hybridized carbons (Fsp3) is 0.389. The molecule has 0 saturated heterocycles. The number of ether oxygens (including phenoxy) is 1. The summed E-state index contributed by atoms with van der Waals surface area (Å²) in [7, 11) is 1.30. The SMILES string of the molecule is COC(=O)c1ccc(NC(=O)c2cc(C(C)C)c(C(C)C)s2)cn1. The number of nitrogens with one attached hydrogen (secondary N) is 1. The number of methoxy groups -OCH3 is 1. The summed E-state index contributed by atoms with van der Waals surface area (Å²) in [6.07, 6.45) is 1.45. The first-order valence-corrected chi connectivity index (χ1v) is 8.64. The summed E-state index contributed by atoms with van der Waals surface area (Å²) >= 11 is 1.53. The Morgan fingerprint density at radius 2 is 1.88 bits per heavy atom. The van der Waals surface area contributed by atoms with Crippen LogP contribution < -0.4 is 5.32 Å². The number of pyridine rings is 1. The molecule has 0 aromatic carbocycles. The Bertz CT molecular complexity index is 708. The number of rotatable bonds is 5. The average Bonchev–Trinajstić information content (AvgIpc) is 3.01. The number of nitrogens with zero attached hydrogens (tertiary/aromatic N) is 1. The lowest BCUT2D eigenvalue weighted by Gasteiger charge is -2.08. The van der Waals surface area contributed by atoms with E-state index in [1.54, 1.807) is 6.07 Å². The fourth-order valence-corrected chi connectivity index (χ4v) is 3.53. The van der Waals surface area contributed by atoms with E-state index in [0.29, 0.717) is 22.4 Å². The molecule has 5 nitrogen and oxygen atoms in total. The van der Waals surface area contributed by atoms with Gasteiger partial charge in [0.25, 0.3) is 5.91 Å². The summed E-state index contributed by atoms with van der Waals surface area (Å²) in [5, 5.41) is 2.82. The van der Waals surface area contributed by atoms with Crippen LogP contribution in [0.15, 0.2) is 24.4 Å². The van der Waals surface area contributed by atoms with E-state index >= 15 is 0 Å². The van der Waals surface area contributed by atoms with Crippen molar-refractivity contribution in [3.05, 3.63) is 45.4 Å². The molecule has 0 bridgehead atoms. The molecule has 0 aliphatic rings. The van der Waals surface area contributed by atoms with Gasteiger partial charge in [-0.3, -0.25) is 4.79 Å². The van der Waals surface area contributed by atoms with Gasteiger partial charge in [-0.25, -0.2) is 9.78 Å². The average molecular weight is 346 g/mol. The van der Waals surface area contributed by atoms with Crippen LogP contribution in [0.25, 0.3) is 0 Å². The van der Waals surface area contributed by atoms with Gasteiger partial charge in [0, 0.05) is 4.88 Å². The van der Waals surface area contributed by atoms with E-state index in [2.05, 4.69) is 42.7 Å². The number of carbonyl (C=O) groups excluding carboxylic acids is 2. The van der Waals surface area contributed by atoms with Gasteiger partial charge in [-0.2, -0.15) is 0 Å². The summed E-state index contributed by atoms with van der Waals surface area (Å²) < 4.78 is 4.60. The van der Waals surface area contributed by atoms with Crippen molar-refractivity contribution < 1.29 is 14.3 Å². The Morgan fingerprint density at radius 3 is 2.33 bits per heavy atom. The monoisotopic (exact) mass is 346 g/mol. The molecule has 1 N–H and O–H groups in total. The number of hydrogen-bond donors (Lipinski definition) is 1. The van der Waals surface area contributed by atoms with E-state index < -0.39 is 5.97 Å². The minimum absolute atomic E-state index is 0.165. The molecule has 2 rings (SSSR count). The van der Waals surface area contributed by atoms with Crippen molar-refractivity contribution in [1.29, 1.82) is 0 Å². The third kappa shape index (κ3) is 4.00. The van der Waals surface area contributed by atoms with Crippen molar-refractivity contribution in [3.8, 4) is 0 Å². The molecule has 1 amide bonds. The molecule has 2 aromatic heterocycles. The van der Waals surface area contributed by atoms with Crippen molar-refractivity contribution in [1.82, 2.24) is 4.98 Å². The first-order valence-electron chi connectivity index (χ1n) is 7.82. The molecular weight excluding hydrogens is 324 g/mol. The van der Waals surface area contributed by atoms with Crippen LogP contribution in [0.3, 0.4) is 0 Å². The smallest absolute Gasteiger partial charge is 0.356 e. The van der Waals surface area contributed by atoms with E-state index in [1.807, 2.05) is 6.07 Å². The maximum Gasteiger partial charge on any atom is 0.356 e. The Balaban J connectivity index is 2.18. The standard InChI is InChI=1S/C18H22N2O3S/c1-10(2)13-8-15(24-16(13)11(3)4)17(21)20-12-6-7-14(19-9-12)18(22)23-5/h6-11H,1-5H3,(H,20,21). The third-order valence-electron chi connectivity index (χ3n) is 3.58.